The highest BCUT2D eigenvalue weighted by atomic mass is 32.1. The predicted molar refractivity (Wildman–Crippen MR) is 127 cm³/mol. The minimum absolute atomic E-state index is 0.0578. The number of hydrogen-bond acceptors (Lipinski definition) is 4. The monoisotopic (exact) mass is 464 g/mol. The lowest BCUT2D eigenvalue weighted by Gasteiger charge is -2.37. The maximum absolute atomic E-state index is 14.2. The number of carbonyl (C=O) groups excluding carboxylic acids is 2. The topological polar surface area (TPSA) is 49.9 Å². The number of amides is 2. The summed E-state index contributed by atoms with van der Waals surface area (Å²) >= 11 is 1.69. The van der Waals surface area contributed by atoms with Crippen LogP contribution in [-0.2, 0) is 11.2 Å². The van der Waals surface area contributed by atoms with E-state index in [9.17, 15) is 14.0 Å². The van der Waals surface area contributed by atoms with Crippen LogP contribution in [0.4, 0.5) is 4.39 Å². The van der Waals surface area contributed by atoms with Crippen molar-refractivity contribution in [2.45, 2.75) is 12.5 Å². The van der Waals surface area contributed by atoms with Gasteiger partial charge in [-0.1, -0.05) is 30.3 Å². The fourth-order valence-corrected chi connectivity index (χ4v) is 5.07. The van der Waals surface area contributed by atoms with Crippen molar-refractivity contribution < 1.29 is 18.7 Å². The third-order valence-corrected chi connectivity index (χ3v) is 6.78. The first-order valence-electron chi connectivity index (χ1n) is 10.7. The van der Waals surface area contributed by atoms with Crippen molar-refractivity contribution in [1.82, 2.24) is 9.80 Å². The maximum atomic E-state index is 14.2. The Morgan fingerprint density at radius 2 is 1.97 bits per heavy atom. The number of halogens is 1. The molecule has 0 saturated heterocycles. The number of benzene rings is 2. The third kappa shape index (κ3) is 4.68. The molecule has 1 aliphatic heterocycles. The van der Waals surface area contributed by atoms with Gasteiger partial charge in [-0.25, -0.2) is 4.39 Å². The Morgan fingerprint density at radius 3 is 2.67 bits per heavy atom. The van der Waals surface area contributed by atoms with Crippen molar-refractivity contribution in [2.75, 3.05) is 26.7 Å². The summed E-state index contributed by atoms with van der Waals surface area (Å²) in [5.41, 5.74) is 2.01. The summed E-state index contributed by atoms with van der Waals surface area (Å²) in [7, 11) is 1.61. The van der Waals surface area contributed by atoms with Crippen LogP contribution >= 0.6 is 11.3 Å². The van der Waals surface area contributed by atoms with Crippen LogP contribution in [0.2, 0.25) is 0 Å². The van der Waals surface area contributed by atoms with Crippen molar-refractivity contribution in [3.63, 3.8) is 0 Å². The van der Waals surface area contributed by atoms with Crippen molar-refractivity contribution in [3.8, 4) is 5.75 Å². The highest BCUT2D eigenvalue weighted by molar-refractivity contribution is 7.10. The fraction of sp³-hybridized carbons (Fsp3) is 0.231. The number of fused-ring (bicyclic) bond motifs is 1. The molecule has 2 heterocycles. The van der Waals surface area contributed by atoms with Gasteiger partial charge in [0.15, 0.2) is 0 Å². The smallest absolute Gasteiger partial charge is 0.257 e. The lowest BCUT2D eigenvalue weighted by atomic mass is 9.93. The first-order chi connectivity index (χ1) is 16.0. The van der Waals surface area contributed by atoms with Gasteiger partial charge in [0.25, 0.3) is 5.91 Å². The van der Waals surface area contributed by atoms with Crippen LogP contribution in [0.15, 0.2) is 72.6 Å². The lowest BCUT2D eigenvalue weighted by molar-refractivity contribution is -0.133. The molecule has 1 atom stereocenters. The van der Waals surface area contributed by atoms with Gasteiger partial charge >= 0.3 is 0 Å². The predicted octanol–water partition coefficient (Wildman–Crippen LogP) is 4.70. The molecular formula is C26H25FN2O3S. The van der Waals surface area contributed by atoms with Gasteiger partial charge in [-0.2, -0.15) is 0 Å². The zero-order chi connectivity index (χ0) is 23.4. The third-order valence-electron chi connectivity index (χ3n) is 5.78. The fourth-order valence-electron chi connectivity index (χ4n) is 4.16. The molecule has 1 unspecified atom stereocenters. The molecule has 0 radical (unpaired) electrons. The van der Waals surface area contributed by atoms with Crippen LogP contribution in [0.5, 0.6) is 5.75 Å². The van der Waals surface area contributed by atoms with E-state index in [0.717, 1.165) is 23.3 Å². The zero-order valence-electron chi connectivity index (χ0n) is 18.4. The zero-order valence-corrected chi connectivity index (χ0v) is 19.2. The van der Waals surface area contributed by atoms with Gasteiger partial charge in [0.05, 0.1) is 18.7 Å². The second kappa shape index (κ2) is 10.0. The van der Waals surface area contributed by atoms with E-state index in [2.05, 4.69) is 12.6 Å². The van der Waals surface area contributed by atoms with E-state index in [1.54, 1.807) is 30.6 Å². The molecule has 2 amide bonds. The molecule has 2 aromatic carbocycles. The Labute approximate surface area is 196 Å². The number of rotatable bonds is 7. The largest absolute Gasteiger partial charge is 0.497 e. The average Bonchev–Trinajstić information content (AvgIpc) is 3.32. The van der Waals surface area contributed by atoms with E-state index in [1.807, 2.05) is 34.5 Å². The second-order valence-electron chi connectivity index (χ2n) is 7.77. The Hall–Kier alpha value is -3.45. The second-order valence-corrected chi connectivity index (χ2v) is 8.77. The van der Waals surface area contributed by atoms with Crippen molar-refractivity contribution in [3.05, 3.63) is 100 Å². The molecule has 0 fully saturated rings. The number of methoxy groups -OCH3 is 1. The summed E-state index contributed by atoms with van der Waals surface area (Å²) in [5.74, 6) is -0.596. The Kier molecular flexibility index (Phi) is 6.89. The standard InChI is InChI=1S/C26H25FN2O3S/c1-3-14-28(26(31)20-6-4-5-7-22(20)27)17-24(30)29-15-12-23-21(13-16-33-23)25(29)18-8-10-19(32-2)11-9-18/h3-11,13,16,25H,1,12,14-15,17H2,2H3. The molecule has 33 heavy (non-hydrogen) atoms. The summed E-state index contributed by atoms with van der Waals surface area (Å²) < 4.78 is 19.5. The van der Waals surface area contributed by atoms with Crippen molar-refractivity contribution >= 4 is 23.2 Å². The van der Waals surface area contributed by atoms with Crippen LogP contribution in [0, 0.1) is 5.82 Å². The van der Waals surface area contributed by atoms with E-state index in [1.165, 1.54) is 28.0 Å². The van der Waals surface area contributed by atoms with Gasteiger partial charge in [0.1, 0.15) is 18.1 Å². The molecule has 3 aromatic rings. The van der Waals surface area contributed by atoms with Gasteiger partial charge in [-0.3, -0.25) is 9.59 Å². The van der Waals surface area contributed by atoms with E-state index < -0.39 is 11.7 Å². The van der Waals surface area contributed by atoms with Gasteiger partial charge in [-0.05, 0) is 53.3 Å². The molecule has 1 aliphatic rings. The maximum Gasteiger partial charge on any atom is 0.257 e. The molecule has 0 bridgehead atoms. The van der Waals surface area contributed by atoms with Crippen molar-refractivity contribution in [1.29, 1.82) is 0 Å². The molecule has 4 rings (SSSR count). The SMILES string of the molecule is C=CCN(CC(=O)N1CCc2sccc2C1c1ccc(OC)cc1)C(=O)c1ccccc1F. The van der Waals surface area contributed by atoms with Crippen molar-refractivity contribution in [2.24, 2.45) is 0 Å². The minimum Gasteiger partial charge on any atom is -0.497 e. The summed E-state index contributed by atoms with van der Waals surface area (Å²) in [6.07, 6.45) is 2.30. The average molecular weight is 465 g/mol. The molecule has 1 aromatic heterocycles. The molecule has 0 aliphatic carbocycles. The van der Waals surface area contributed by atoms with Gasteiger partial charge < -0.3 is 14.5 Å². The molecule has 170 valence electrons. The molecule has 7 heteroatoms. The number of thiophene rings is 1. The molecule has 5 nitrogen and oxygen atoms in total. The van der Waals surface area contributed by atoms with Gasteiger partial charge in [0.2, 0.25) is 5.91 Å². The quantitative estimate of drug-likeness (QED) is 0.477. The van der Waals surface area contributed by atoms with Gasteiger partial charge in [0, 0.05) is 18.0 Å². The summed E-state index contributed by atoms with van der Waals surface area (Å²) in [6.45, 7) is 4.22. The first-order valence-corrected chi connectivity index (χ1v) is 11.6. The van der Waals surface area contributed by atoms with E-state index in [-0.39, 0.29) is 30.6 Å². The van der Waals surface area contributed by atoms with Crippen LogP contribution in [0.1, 0.15) is 32.4 Å². The minimum atomic E-state index is -0.610. The van der Waals surface area contributed by atoms with Crippen LogP contribution in [0.3, 0.4) is 0 Å². The summed E-state index contributed by atoms with van der Waals surface area (Å²) in [5, 5.41) is 2.04. The number of hydrogen-bond donors (Lipinski definition) is 0. The molecule has 0 spiro atoms. The molecular weight excluding hydrogens is 439 g/mol. The first kappa shape index (κ1) is 22.7. The van der Waals surface area contributed by atoms with Crippen LogP contribution in [0.25, 0.3) is 0 Å². The summed E-state index contributed by atoms with van der Waals surface area (Å²) in [4.78, 5) is 30.9. The number of carbonyl (C=O) groups is 2. The highest BCUT2D eigenvalue weighted by Crippen LogP contribution is 2.38. The Bertz CT molecular complexity index is 1160. The van der Waals surface area contributed by atoms with E-state index in [0.29, 0.717) is 6.54 Å². The number of ether oxygens (including phenoxy) is 1. The Morgan fingerprint density at radius 1 is 1.21 bits per heavy atom. The van der Waals surface area contributed by atoms with Gasteiger partial charge in [-0.15, -0.1) is 17.9 Å². The number of nitrogens with zero attached hydrogens (tertiary/aromatic N) is 2. The van der Waals surface area contributed by atoms with Crippen LogP contribution < -0.4 is 4.74 Å². The van der Waals surface area contributed by atoms with E-state index >= 15 is 0 Å². The highest BCUT2D eigenvalue weighted by Gasteiger charge is 2.34. The summed E-state index contributed by atoms with van der Waals surface area (Å²) in [6, 6.07) is 15.3. The van der Waals surface area contributed by atoms with E-state index in [4.69, 9.17) is 4.74 Å². The normalized spacial score (nSPS) is 15.0. The Balaban J connectivity index is 1.62. The lowest BCUT2D eigenvalue weighted by Crippen LogP contribution is -2.47. The molecule has 0 saturated carbocycles. The molecule has 0 N–H and O–H groups in total. The van der Waals surface area contributed by atoms with Crippen LogP contribution in [-0.4, -0.2) is 48.4 Å².